The lowest BCUT2D eigenvalue weighted by Gasteiger charge is -2.30. The van der Waals surface area contributed by atoms with Gasteiger partial charge >= 0.3 is 0 Å². The van der Waals surface area contributed by atoms with Crippen molar-refractivity contribution in [2.45, 2.75) is 45.7 Å². The van der Waals surface area contributed by atoms with Crippen LogP contribution in [-0.4, -0.2) is 29.5 Å². The second kappa shape index (κ2) is 5.96. The van der Waals surface area contributed by atoms with Crippen molar-refractivity contribution in [3.8, 4) is 6.07 Å². The van der Waals surface area contributed by atoms with Gasteiger partial charge in [-0.1, -0.05) is 13.8 Å². The summed E-state index contributed by atoms with van der Waals surface area (Å²) in [5.41, 5.74) is 2.40. The van der Waals surface area contributed by atoms with E-state index in [4.69, 9.17) is 0 Å². The highest BCUT2D eigenvalue weighted by Crippen LogP contribution is 2.26. The predicted molar refractivity (Wildman–Crippen MR) is 71.8 cm³/mol. The minimum atomic E-state index is -0.835. The van der Waals surface area contributed by atoms with Crippen molar-refractivity contribution in [2.24, 2.45) is 0 Å². The number of anilines is 1. The van der Waals surface area contributed by atoms with Crippen LogP contribution in [0.5, 0.6) is 0 Å². The summed E-state index contributed by atoms with van der Waals surface area (Å²) in [7, 11) is 0. The van der Waals surface area contributed by atoms with Gasteiger partial charge in [-0.3, -0.25) is 0 Å². The first-order chi connectivity index (χ1) is 9.21. The summed E-state index contributed by atoms with van der Waals surface area (Å²) in [5, 5.41) is 17.8. The van der Waals surface area contributed by atoms with Gasteiger partial charge in [0, 0.05) is 6.54 Å². The molecule has 102 valence electrons. The fraction of sp³-hybridized carbons (Fsp3) is 0.643. The molecule has 0 bridgehead atoms. The van der Waals surface area contributed by atoms with E-state index >= 15 is 0 Å². The molecule has 1 atom stereocenters. The number of alkyl halides is 1. The molecule has 0 radical (unpaired) electrons. The number of piperidine rings is 1. The molecule has 4 nitrogen and oxygen atoms in total. The summed E-state index contributed by atoms with van der Waals surface area (Å²) >= 11 is 0. The van der Waals surface area contributed by atoms with E-state index in [1.165, 1.54) is 0 Å². The van der Waals surface area contributed by atoms with Gasteiger partial charge in [0.25, 0.3) is 0 Å². The molecule has 2 heterocycles. The van der Waals surface area contributed by atoms with Crippen LogP contribution in [0.25, 0.3) is 0 Å². The van der Waals surface area contributed by atoms with Crippen LogP contribution in [0.4, 0.5) is 10.2 Å². The maximum atomic E-state index is 13.5. The Kier molecular flexibility index (Phi) is 4.31. The quantitative estimate of drug-likeness (QED) is 0.839. The smallest absolute Gasteiger partial charge is 0.169 e. The van der Waals surface area contributed by atoms with Gasteiger partial charge in [0.15, 0.2) is 5.82 Å². The molecule has 0 saturated carbocycles. The molecule has 0 aromatic carbocycles. The predicted octanol–water partition coefficient (Wildman–Crippen LogP) is 2.41. The van der Waals surface area contributed by atoms with E-state index in [1.54, 1.807) is 0 Å². The van der Waals surface area contributed by atoms with Gasteiger partial charge in [-0.2, -0.15) is 10.4 Å². The van der Waals surface area contributed by atoms with Crippen molar-refractivity contribution in [1.82, 2.24) is 10.2 Å². The average Bonchev–Trinajstić information content (AvgIpc) is 2.45. The Bertz CT molecular complexity index is 495. The fourth-order valence-electron chi connectivity index (χ4n) is 2.62. The summed E-state index contributed by atoms with van der Waals surface area (Å²) in [6, 6.07) is 2.24. The van der Waals surface area contributed by atoms with E-state index in [0.29, 0.717) is 24.3 Å². The number of hydrogen-bond donors (Lipinski definition) is 0. The molecule has 0 amide bonds. The van der Waals surface area contributed by atoms with Gasteiger partial charge < -0.3 is 4.90 Å². The highest BCUT2D eigenvalue weighted by Gasteiger charge is 2.24. The third-order valence-electron chi connectivity index (χ3n) is 3.60. The lowest BCUT2D eigenvalue weighted by atomic mass is 10.0. The Balaban J connectivity index is 2.43. The van der Waals surface area contributed by atoms with Crippen LogP contribution in [0.1, 0.15) is 43.5 Å². The number of halogens is 1. The molecule has 1 aliphatic heterocycles. The molecule has 19 heavy (non-hydrogen) atoms. The zero-order chi connectivity index (χ0) is 13.8. The normalized spacial score (nSPS) is 19.3. The van der Waals surface area contributed by atoms with Crippen LogP contribution in [0.2, 0.25) is 0 Å². The average molecular weight is 262 g/mol. The van der Waals surface area contributed by atoms with Crippen molar-refractivity contribution in [3.05, 3.63) is 16.8 Å². The zero-order valence-electron chi connectivity index (χ0n) is 11.5. The summed E-state index contributed by atoms with van der Waals surface area (Å²) in [6.45, 7) is 5.08. The van der Waals surface area contributed by atoms with Gasteiger partial charge in [0.1, 0.15) is 17.8 Å². The minimum absolute atomic E-state index is 0.317. The molecule has 0 spiro atoms. The molecular formula is C14H19FN4. The van der Waals surface area contributed by atoms with Crippen LogP contribution < -0.4 is 4.90 Å². The Hall–Kier alpha value is -1.70. The Labute approximate surface area is 113 Å². The SMILES string of the molecule is CCc1nnc(N2CCCC(F)C2)c(C#N)c1CC. The molecule has 2 rings (SSSR count). The first kappa shape index (κ1) is 13.7. The summed E-state index contributed by atoms with van der Waals surface area (Å²) in [4.78, 5) is 1.86. The molecule has 1 unspecified atom stereocenters. The zero-order valence-corrected chi connectivity index (χ0v) is 11.5. The Morgan fingerprint density at radius 2 is 2.16 bits per heavy atom. The van der Waals surface area contributed by atoms with Crippen molar-refractivity contribution in [1.29, 1.82) is 5.26 Å². The van der Waals surface area contributed by atoms with Crippen LogP contribution >= 0.6 is 0 Å². The van der Waals surface area contributed by atoms with E-state index in [0.717, 1.165) is 37.1 Å². The van der Waals surface area contributed by atoms with Gasteiger partial charge in [-0.05, 0) is 31.2 Å². The maximum Gasteiger partial charge on any atom is 0.169 e. The Morgan fingerprint density at radius 3 is 2.74 bits per heavy atom. The van der Waals surface area contributed by atoms with Gasteiger partial charge in [0.2, 0.25) is 0 Å². The van der Waals surface area contributed by atoms with Crippen molar-refractivity contribution < 1.29 is 4.39 Å². The van der Waals surface area contributed by atoms with Crippen LogP contribution in [0.3, 0.4) is 0 Å². The first-order valence-corrected chi connectivity index (χ1v) is 6.88. The number of hydrogen-bond acceptors (Lipinski definition) is 4. The van der Waals surface area contributed by atoms with E-state index in [-0.39, 0.29) is 0 Å². The minimum Gasteiger partial charge on any atom is -0.351 e. The second-order valence-corrected chi connectivity index (χ2v) is 4.83. The molecule has 5 heteroatoms. The molecule has 0 aliphatic carbocycles. The third-order valence-corrected chi connectivity index (χ3v) is 3.60. The Morgan fingerprint density at radius 1 is 1.37 bits per heavy atom. The topological polar surface area (TPSA) is 52.8 Å². The first-order valence-electron chi connectivity index (χ1n) is 6.88. The standard InChI is InChI=1S/C14H19FN4/c1-3-11-12(8-16)14(18-17-13(11)4-2)19-7-5-6-10(15)9-19/h10H,3-7,9H2,1-2H3. The van der Waals surface area contributed by atoms with Crippen LogP contribution in [0.15, 0.2) is 0 Å². The van der Waals surface area contributed by atoms with Gasteiger partial charge in [-0.15, -0.1) is 5.10 Å². The molecule has 1 aliphatic rings. The fourth-order valence-corrected chi connectivity index (χ4v) is 2.62. The van der Waals surface area contributed by atoms with E-state index in [1.807, 2.05) is 18.7 Å². The molecule has 1 fully saturated rings. The molecule has 1 saturated heterocycles. The van der Waals surface area contributed by atoms with E-state index in [9.17, 15) is 9.65 Å². The number of aromatic nitrogens is 2. The number of nitriles is 1. The molecular weight excluding hydrogens is 243 g/mol. The van der Waals surface area contributed by atoms with Gasteiger partial charge in [0.05, 0.1) is 12.2 Å². The monoisotopic (exact) mass is 262 g/mol. The van der Waals surface area contributed by atoms with Crippen molar-refractivity contribution in [2.75, 3.05) is 18.0 Å². The van der Waals surface area contributed by atoms with E-state index in [2.05, 4.69) is 16.3 Å². The number of rotatable bonds is 3. The molecule has 0 N–H and O–H groups in total. The van der Waals surface area contributed by atoms with Crippen LogP contribution in [-0.2, 0) is 12.8 Å². The second-order valence-electron chi connectivity index (χ2n) is 4.83. The van der Waals surface area contributed by atoms with Crippen molar-refractivity contribution in [3.63, 3.8) is 0 Å². The highest BCUT2D eigenvalue weighted by molar-refractivity contribution is 5.58. The number of aryl methyl sites for hydroxylation is 1. The lowest BCUT2D eigenvalue weighted by molar-refractivity contribution is 0.286. The largest absolute Gasteiger partial charge is 0.351 e. The summed E-state index contributed by atoms with van der Waals surface area (Å²) in [5.74, 6) is 0.555. The summed E-state index contributed by atoms with van der Waals surface area (Å²) < 4.78 is 13.5. The third kappa shape index (κ3) is 2.67. The molecule has 1 aromatic heterocycles. The number of nitrogens with zero attached hydrogens (tertiary/aromatic N) is 4. The van der Waals surface area contributed by atoms with Crippen molar-refractivity contribution >= 4 is 5.82 Å². The maximum absolute atomic E-state index is 13.5. The lowest BCUT2D eigenvalue weighted by Crippen LogP contribution is -2.37. The molecule has 1 aromatic rings. The van der Waals surface area contributed by atoms with Gasteiger partial charge in [-0.25, -0.2) is 4.39 Å². The van der Waals surface area contributed by atoms with Crippen LogP contribution in [0, 0.1) is 11.3 Å². The highest BCUT2D eigenvalue weighted by atomic mass is 19.1. The van der Waals surface area contributed by atoms with E-state index < -0.39 is 6.17 Å². The summed E-state index contributed by atoms with van der Waals surface area (Å²) in [6.07, 6.45) is 2.07.